The molecular weight excluding hydrogens is 276 g/mol. The van der Waals surface area contributed by atoms with Gasteiger partial charge in [-0.05, 0) is 24.8 Å². The van der Waals surface area contributed by atoms with Crippen LogP contribution in [0.3, 0.4) is 0 Å². The summed E-state index contributed by atoms with van der Waals surface area (Å²) in [4.78, 5) is 26.8. The zero-order valence-electron chi connectivity index (χ0n) is 11.6. The molecule has 2 heterocycles. The molecule has 0 spiro atoms. The largest absolute Gasteiger partial charge is 0.480 e. The minimum Gasteiger partial charge on any atom is -0.480 e. The van der Waals surface area contributed by atoms with E-state index in [9.17, 15) is 14.9 Å². The molecule has 2 N–H and O–H groups in total. The first-order valence-electron chi connectivity index (χ1n) is 6.84. The summed E-state index contributed by atoms with van der Waals surface area (Å²) < 4.78 is 0. The second kappa shape index (κ2) is 6.98. The van der Waals surface area contributed by atoms with E-state index in [1.54, 1.807) is 6.07 Å². The van der Waals surface area contributed by atoms with Crippen molar-refractivity contribution in [2.75, 3.05) is 31.1 Å². The number of piperidine rings is 1. The number of carboxylic acid groups (broad SMARTS) is 1. The number of nitro groups is 1. The first-order chi connectivity index (χ1) is 10.1. The van der Waals surface area contributed by atoms with E-state index >= 15 is 0 Å². The molecular formula is C13H18N4O4. The van der Waals surface area contributed by atoms with Crippen LogP contribution in [-0.4, -0.2) is 47.2 Å². The zero-order chi connectivity index (χ0) is 15.2. The van der Waals surface area contributed by atoms with Crippen LogP contribution in [0.25, 0.3) is 0 Å². The van der Waals surface area contributed by atoms with Crippen molar-refractivity contribution < 1.29 is 14.8 Å². The molecule has 1 aliphatic heterocycles. The number of hydrogen-bond donors (Lipinski definition) is 2. The molecule has 1 saturated heterocycles. The molecule has 0 saturated carbocycles. The Hall–Kier alpha value is -2.22. The first kappa shape index (κ1) is 15.2. The van der Waals surface area contributed by atoms with Gasteiger partial charge in [0.1, 0.15) is 12.0 Å². The summed E-state index contributed by atoms with van der Waals surface area (Å²) in [6, 6.07) is 3.11. The van der Waals surface area contributed by atoms with Crippen LogP contribution < -0.4 is 10.2 Å². The normalized spacial score (nSPS) is 18.5. The Morgan fingerprint density at radius 1 is 1.57 bits per heavy atom. The minimum absolute atomic E-state index is 0.0181. The van der Waals surface area contributed by atoms with Gasteiger partial charge in [0.2, 0.25) is 0 Å². The number of hydrogen-bond acceptors (Lipinski definition) is 6. The third kappa shape index (κ3) is 4.38. The lowest BCUT2D eigenvalue weighted by Gasteiger charge is -2.33. The van der Waals surface area contributed by atoms with Crippen LogP contribution in [0.2, 0.25) is 0 Å². The quantitative estimate of drug-likeness (QED) is 0.592. The van der Waals surface area contributed by atoms with Crippen molar-refractivity contribution in [3.05, 3.63) is 28.4 Å². The van der Waals surface area contributed by atoms with E-state index in [1.165, 1.54) is 12.3 Å². The fourth-order valence-electron chi connectivity index (χ4n) is 2.50. The summed E-state index contributed by atoms with van der Waals surface area (Å²) in [5, 5.41) is 22.1. The predicted octanol–water partition coefficient (Wildman–Crippen LogP) is 0.880. The van der Waals surface area contributed by atoms with Crippen molar-refractivity contribution in [2.24, 2.45) is 5.92 Å². The van der Waals surface area contributed by atoms with E-state index in [0.29, 0.717) is 12.5 Å². The maximum absolute atomic E-state index is 10.6. The topological polar surface area (TPSA) is 109 Å². The summed E-state index contributed by atoms with van der Waals surface area (Å²) >= 11 is 0. The van der Waals surface area contributed by atoms with Gasteiger partial charge in [-0.3, -0.25) is 14.9 Å². The van der Waals surface area contributed by atoms with Gasteiger partial charge in [-0.2, -0.15) is 0 Å². The second-order valence-electron chi connectivity index (χ2n) is 5.11. The first-order valence-corrected chi connectivity index (χ1v) is 6.84. The van der Waals surface area contributed by atoms with Crippen molar-refractivity contribution in [3.8, 4) is 0 Å². The Morgan fingerprint density at radius 3 is 3.00 bits per heavy atom. The van der Waals surface area contributed by atoms with E-state index < -0.39 is 10.9 Å². The van der Waals surface area contributed by atoms with Crippen molar-refractivity contribution in [1.82, 2.24) is 10.3 Å². The summed E-state index contributed by atoms with van der Waals surface area (Å²) in [5.41, 5.74) is -0.0181. The van der Waals surface area contributed by atoms with Crippen molar-refractivity contribution in [1.29, 1.82) is 0 Å². The smallest absolute Gasteiger partial charge is 0.317 e. The Bertz CT molecular complexity index is 505. The van der Waals surface area contributed by atoms with Crippen LogP contribution in [0.1, 0.15) is 12.8 Å². The molecule has 1 aromatic rings. The van der Waals surface area contributed by atoms with Crippen LogP contribution in [0.15, 0.2) is 18.3 Å². The fourth-order valence-corrected chi connectivity index (χ4v) is 2.50. The number of carbonyl (C=O) groups is 1. The zero-order valence-corrected chi connectivity index (χ0v) is 11.6. The number of carboxylic acids is 1. The van der Waals surface area contributed by atoms with Crippen molar-refractivity contribution in [2.45, 2.75) is 12.8 Å². The van der Waals surface area contributed by atoms with Gasteiger partial charge >= 0.3 is 5.97 Å². The lowest BCUT2D eigenvalue weighted by molar-refractivity contribution is -0.385. The minimum atomic E-state index is -0.861. The molecule has 0 bridgehead atoms. The third-order valence-corrected chi connectivity index (χ3v) is 3.50. The highest BCUT2D eigenvalue weighted by atomic mass is 16.6. The van der Waals surface area contributed by atoms with Crippen LogP contribution in [0.5, 0.6) is 0 Å². The highest BCUT2D eigenvalue weighted by Crippen LogP contribution is 2.22. The van der Waals surface area contributed by atoms with Gasteiger partial charge in [-0.15, -0.1) is 0 Å². The van der Waals surface area contributed by atoms with E-state index in [1.807, 2.05) is 0 Å². The molecule has 0 aliphatic carbocycles. The molecule has 2 rings (SSSR count). The van der Waals surface area contributed by atoms with Crippen LogP contribution in [0.4, 0.5) is 11.5 Å². The van der Waals surface area contributed by atoms with E-state index in [2.05, 4.69) is 15.2 Å². The van der Waals surface area contributed by atoms with E-state index in [-0.39, 0.29) is 12.2 Å². The highest BCUT2D eigenvalue weighted by Gasteiger charge is 2.21. The average Bonchev–Trinajstić information content (AvgIpc) is 2.47. The molecule has 0 amide bonds. The fraction of sp³-hybridized carbons (Fsp3) is 0.538. The summed E-state index contributed by atoms with van der Waals surface area (Å²) in [6.45, 7) is 2.25. The van der Waals surface area contributed by atoms with Gasteiger partial charge in [-0.25, -0.2) is 4.98 Å². The van der Waals surface area contributed by atoms with Crippen LogP contribution in [0, 0.1) is 16.0 Å². The molecule has 0 aromatic carbocycles. The number of aromatic nitrogens is 1. The maximum Gasteiger partial charge on any atom is 0.317 e. The molecule has 1 aromatic heterocycles. The van der Waals surface area contributed by atoms with Crippen LogP contribution in [-0.2, 0) is 4.79 Å². The highest BCUT2D eigenvalue weighted by molar-refractivity contribution is 5.68. The molecule has 114 valence electrons. The molecule has 21 heavy (non-hydrogen) atoms. The van der Waals surface area contributed by atoms with E-state index in [0.717, 1.165) is 31.7 Å². The molecule has 8 nitrogen and oxygen atoms in total. The van der Waals surface area contributed by atoms with Crippen molar-refractivity contribution in [3.63, 3.8) is 0 Å². The number of nitrogens with one attached hydrogen (secondary N) is 1. The number of pyridine rings is 1. The van der Waals surface area contributed by atoms with Crippen LogP contribution >= 0.6 is 0 Å². The van der Waals surface area contributed by atoms with E-state index in [4.69, 9.17) is 5.11 Å². The van der Waals surface area contributed by atoms with Crippen molar-refractivity contribution >= 4 is 17.5 Å². The predicted molar refractivity (Wildman–Crippen MR) is 76.3 cm³/mol. The van der Waals surface area contributed by atoms with Gasteiger partial charge < -0.3 is 15.3 Å². The Labute approximate surface area is 121 Å². The standard InChI is InChI=1S/C13H18N4O4/c18-13(19)8-14-6-10-2-1-5-16(9-10)12-4-3-11(7-15-12)17(20)21/h3-4,7,10,14H,1-2,5-6,8-9H2,(H,18,19). The number of aliphatic carboxylic acids is 1. The lowest BCUT2D eigenvalue weighted by atomic mass is 9.98. The summed E-state index contributed by atoms with van der Waals surface area (Å²) in [6.07, 6.45) is 3.30. The maximum atomic E-state index is 10.6. The van der Waals surface area contributed by atoms with Gasteiger partial charge in [0, 0.05) is 25.7 Å². The average molecular weight is 294 g/mol. The second-order valence-corrected chi connectivity index (χ2v) is 5.11. The third-order valence-electron chi connectivity index (χ3n) is 3.50. The summed E-state index contributed by atoms with van der Waals surface area (Å²) in [5.74, 6) is 0.221. The SMILES string of the molecule is O=C(O)CNCC1CCCN(c2ccc([N+](=O)[O-])cn2)C1. The summed E-state index contributed by atoms with van der Waals surface area (Å²) in [7, 11) is 0. The Balaban J connectivity index is 1.90. The van der Waals surface area contributed by atoms with Gasteiger partial charge in [0.05, 0.1) is 11.5 Å². The molecule has 1 fully saturated rings. The molecule has 1 unspecified atom stereocenters. The van der Waals surface area contributed by atoms with Gasteiger partial charge in [0.15, 0.2) is 0 Å². The molecule has 1 aliphatic rings. The molecule has 1 atom stereocenters. The van der Waals surface area contributed by atoms with Gasteiger partial charge in [0.25, 0.3) is 5.69 Å². The Morgan fingerprint density at radius 2 is 2.38 bits per heavy atom. The molecule has 8 heteroatoms. The molecule has 0 radical (unpaired) electrons. The number of rotatable bonds is 6. The number of anilines is 1. The Kier molecular flexibility index (Phi) is 5.04. The number of nitrogens with zero attached hydrogens (tertiary/aromatic N) is 3. The monoisotopic (exact) mass is 294 g/mol. The van der Waals surface area contributed by atoms with Gasteiger partial charge in [-0.1, -0.05) is 0 Å². The lowest BCUT2D eigenvalue weighted by Crippen LogP contribution is -2.40.